The molecule has 0 aromatic carbocycles. The molecule has 2 heterocycles. The van der Waals surface area contributed by atoms with Gasteiger partial charge >= 0.3 is 0 Å². The molecule has 0 amide bonds. The number of likely N-dealkylation sites (N-methyl/N-ethyl adjacent to an activating group) is 2. The Bertz CT molecular complexity index is 401. The number of nitrogens with one attached hydrogen (secondary N) is 1. The summed E-state index contributed by atoms with van der Waals surface area (Å²) in [5.74, 6) is 1.80. The van der Waals surface area contributed by atoms with Crippen LogP contribution in [0.3, 0.4) is 0 Å². The molecule has 7 heteroatoms. The number of hydrogen-bond acceptors (Lipinski definition) is 4. The third-order valence-corrected chi connectivity index (χ3v) is 5.83. The van der Waals surface area contributed by atoms with Gasteiger partial charge < -0.3 is 19.9 Å². The van der Waals surface area contributed by atoms with Crippen LogP contribution in [0.1, 0.15) is 32.6 Å². The highest BCUT2D eigenvalue weighted by Crippen LogP contribution is 2.18. The molecule has 2 rings (SSSR count). The van der Waals surface area contributed by atoms with Gasteiger partial charge in [0, 0.05) is 46.9 Å². The second kappa shape index (κ2) is 13.1. The maximum Gasteiger partial charge on any atom is 0.193 e. The quantitative estimate of drug-likeness (QED) is 0.326. The third-order valence-electron chi connectivity index (χ3n) is 5.83. The topological polar surface area (TPSA) is 43.3 Å². The van der Waals surface area contributed by atoms with E-state index in [2.05, 4.69) is 39.0 Å². The highest BCUT2D eigenvalue weighted by Gasteiger charge is 2.25. The zero-order chi connectivity index (χ0) is 18.1. The highest BCUT2D eigenvalue weighted by molar-refractivity contribution is 14.0. The van der Waals surface area contributed by atoms with Gasteiger partial charge in [-0.15, -0.1) is 24.0 Å². The molecule has 0 aromatic heterocycles. The maximum absolute atomic E-state index is 5.18. The van der Waals surface area contributed by atoms with E-state index < -0.39 is 0 Å². The van der Waals surface area contributed by atoms with Crippen LogP contribution in [0.25, 0.3) is 0 Å². The van der Waals surface area contributed by atoms with Crippen molar-refractivity contribution >= 4 is 29.9 Å². The number of piperidine rings is 1. The number of nitrogens with zero attached hydrogens (tertiary/aromatic N) is 4. The number of methoxy groups -OCH3 is 1. The molecule has 1 atom stereocenters. The van der Waals surface area contributed by atoms with Crippen LogP contribution in [-0.2, 0) is 4.74 Å². The second-order valence-corrected chi connectivity index (χ2v) is 7.51. The Morgan fingerprint density at radius 2 is 1.96 bits per heavy atom. The zero-order valence-electron chi connectivity index (χ0n) is 17.2. The van der Waals surface area contributed by atoms with E-state index in [1.54, 1.807) is 7.11 Å². The average molecular weight is 481 g/mol. The molecule has 0 aromatic rings. The molecule has 6 nitrogen and oxygen atoms in total. The van der Waals surface area contributed by atoms with Gasteiger partial charge in [0.25, 0.3) is 0 Å². The molecule has 0 spiro atoms. The minimum absolute atomic E-state index is 0. The standard InChI is InChI=1S/C19H39N5O.HI/c1-5-24-10-6-7-18(24)16-22(3)19(20-2)21-15-17-8-11-23(12-9-17)13-14-25-4;/h17-18H,5-16H2,1-4H3,(H,20,21);1H. The van der Waals surface area contributed by atoms with Crippen molar-refractivity contribution in [3.63, 3.8) is 0 Å². The second-order valence-electron chi connectivity index (χ2n) is 7.51. The van der Waals surface area contributed by atoms with Crippen LogP contribution in [0.15, 0.2) is 4.99 Å². The summed E-state index contributed by atoms with van der Waals surface area (Å²) in [5.41, 5.74) is 0. The van der Waals surface area contributed by atoms with Crippen molar-refractivity contribution < 1.29 is 4.74 Å². The molecule has 26 heavy (non-hydrogen) atoms. The Labute approximate surface area is 177 Å². The Morgan fingerprint density at radius 3 is 2.58 bits per heavy atom. The molecule has 1 N–H and O–H groups in total. The summed E-state index contributed by atoms with van der Waals surface area (Å²) in [6, 6.07) is 0.678. The van der Waals surface area contributed by atoms with Gasteiger partial charge in [0.2, 0.25) is 0 Å². The lowest BCUT2D eigenvalue weighted by molar-refractivity contribution is 0.120. The van der Waals surface area contributed by atoms with Crippen LogP contribution in [0.4, 0.5) is 0 Å². The van der Waals surface area contributed by atoms with E-state index >= 15 is 0 Å². The molecular weight excluding hydrogens is 441 g/mol. The van der Waals surface area contributed by atoms with Crippen molar-refractivity contribution in [3.05, 3.63) is 0 Å². The van der Waals surface area contributed by atoms with Gasteiger partial charge in [0.15, 0.2) is 5.96 Å². The number of rotatable bonds is 8. The van der Waals surface area contributed by atoms with Crippen molar-refractivity contribution in [1.82, 2.24) is 20.0 Å². The van der Waals surface area contributed by atoms with E-state index in [9.17, 15) is 0 Å². The summed E-state index contributed by atoms with van der Waals surface area (Å²) in [7, 11) is 5.86. The fourth-order valence-corrected chi connectivity index (χ4v) is 4.18. The number of guanidine groups is 1. The van der Waals surface area contributed by atoms with E-state index in [1.807, 2.05) is 7.05 Å². The Hall–Kier alpha value is -0.120. The van der Waals surface area contributed by atoms with Crippen molar-refractivity contribution in [2.45, 2.75) is 38.6 Å². The van der Waals surface area contributed by atoms with Gasteiger partial charge in [-0.2, -0.15) is 0 Å². The van der Waals surface area contributed by atoms with Gasteiger partial charge in [-0.05, 0) is 57.8 Å². The number of aliphatic imine (C=N–C) groups is 1. The minimum Gasteiger partial charge on any atom is -0.383 e. The summed E-state index contributed by atoms with van der Waals surface area (Å²) >= 11 is 0. The van der Waals surface area contributed by atoms with Crippen LogP contribution in [0.5, 0.6) is 0 Å². The number of likely N-dealkylation sites (tertiary alicyclic amines) is 2. The highest BCUT2D eigenvalue weighted by atomic mass is 127. The molecule has 2 aliphatic rings. The Morgan fingerprint density at radius 1 is 1.23 bits per heavy atom. The predicted molar refractivity (Wildman–Crippen MR) is 121 cm³/mol. The molecule has 2 aliphatic heterocycles. The van der Waals surface area contributed by atoms with Crippen LogP contribution in [0.2, 0.25) is 0 Å². The summed E-state index contributed by atoms with van der Waals surface area (Å²) in [5, 5.41) is 3.62. The molecule has 0 bridgehead atoms. The van der Waals surface area contributed by atoms with E-state index in [-0.39, 0.29) is 24.0 Å². The summed E-state index contributed by atoms with van der Waals surface area (Å²) in [4.78, 5) is 11.9. The zero-order valence-corrected chi connectivity index (χ0v) is 19.6. The average Bonchev–Trinajstić information content (AvgIpc) is 3.08. The van der Waals surface area contributed by atoms with Crippen LogP contribution >= 0.6 is 24.0 Å². The van der Waals surface area contributed by atoms with E-state index in [4.69, 9.17) is 4.74 Å². The summed E-state index contributed by atoms with van der Waals surface area (Å²) < 4.78 is 5.18. The first kappa shape index (κ1) is 23.9. The SMILES string of the molecule is CCN1CCCC1CN(C)C(=NC)NCC1CCN(CCOC)CC1.I. The van der Waals surface area contributed by atoms with Crippen molar-refractivity contribution in [1.29, 1.82) is 0 Å². The van der Waals surface area contributed by atoms with Gasteiger partial charge in [-0.1, -0.05) is 6.92 Å². The normalized spacial score (nSPS) is 23.1. The lowest BCUT2D eigenvalue weighted by atomic mass is 9.97. The largest absolute Gasteiger partial charge is 0.383 e. The van der Waals surface area contributed by atoms with Gasteiger partial charge in [-0.3, -0.25) is 9.89 Å². The maximum atomic E-state index is 5.18. The lowest BCUT2D eigenvalue weighted by Crippen LogP contribution is -2.47. The van der Waals surface area contributed by atoms with Crippen molar-refractivity contribution in [3.8, 4) is 0 Å². The predicted octanol–water partition coefficient (Wildman–Crippen LogP) is 1.95. The first-order valence-electron chi connectivity index (χ1n) is 10.0. The molecule has 154 valence electrons. The summed E-state index contributed by atoms with van der Waals surface area (Å²) in [6.07, 6.45) is 5.18. The van der Waals surface area contributed by atoms with E-state index in [0.29, 0.717) is 6.04 Å². The van der Waals surface area contributed by atoms with E-state index in [0.717, 1.165) is 44.7 Å². The van der Waals surface area contributed by atoms with Gasteiger partial charge in [-0.25, -0.2) is 0 Å². The van der Waals surface area contributed by atoms with Crippen molar-refractivity contribution in [2.75, 3.05) is 73.6 Å². The third kappa shape index (κ3) is 7.48. The van der Waals surface area contributed by atoms with Gasteiger partial charge in [0.05, 0.1) is 6.61 Å². The van der Waals surface area contributed by atoms with Crippen LogP contribution in [-0.4, -0.2) is 100 Å². The molecule has 0 radical (unpaired) electrons. The number of hydrogen-bond donors (Lipinski definition) is 1. The minimum atomic E-state index is 0. The summed E-state index contributed by atoms with van der Waals surface area (Å²) in [6.45, 7) is 11.1. The number of ether oxygens (including phenoxy) is 1. The Balaban J connectivity index is 0.00000338. The first-order valence-corrected chi connectivity index (χ1v) is 10.0. The Kier molecular flexibility index (Phi) is 12.1. The van der Waals surface area contributed by atoms with Gasteiger partial charge in [0.1, 0.15) is 0 Å². The fourth-order valence-electron chi connectivity index (χ4n) is 4.18. The molecule has 0 aliphatic carbocycles. The molecule has 0 saturated carbocycles. The molecule has 1 unspecified atom stereocenters. The van der Waals surface area contributed by atoms with Crippen LogP contribution in [0, 0.1) is 5.92 Å². The van der Waals surface area contributed by atoms with Crippen LogP contribution < -0.4 is 5.32 Å². The first-order chi connectivity index (χ1) is 12.2. The molecule has 2 fully saturated rings. The molecule has 2 saturated heterocycles. The fraction of sp³-hybridized carbons (Fsp3) is 0.947. The number of halogens is 1. The smallest absolute Gasteiger partial charge is 0.193 e. The van der Waals surface area contributed by atoms with E-state index in [1.165, 1.54) is 45.3 Å². The molecular formula is C19H40IN5O. The van der Waals surface area contributed by atoms with Crippen molar-refractivity contribution in [2.24, 2.45) is 10.9 Å². The lowest BCUT2D eigenvalue weighted by Gasteiger charge is -2.33. The monoisotopic (exact) mass is 481 g/mol.